The Morgan fingerprint density at radius 1 is 0.341 bits per heavy atom. The number of carbonyl (C=O) groups is 3. The van der Waals surface area contributed by atoms with E-state index in [9.17, 15) is 14.4 Å². The Morgan fingerprint density at radius 3 is 1.08 bits per heavy atom. The third kappa shape index (κ3) is 12.9. The molecule has 13 atom stereocenters. The molecule has 0 spiro atoms. The maximum absolute atomic E-state index is 13.4. The van der Waals surface area contributed by atoms with Crippen LogP contribution in [0.3, 0.4) is 0 Å². The molecule has 9 aliphatic rings. The molecule has 20 nitrogen and oxygen atoms in total. The first-order valence-corrected chi connectivity index (χ1v) is 42.5. The van der Waals surface area contributed by atoms with Crippen molar-refractivity contribution in [1.82, 2.24) is 29.9 Å². The number of ether oxygens (including phenoxy) is 11. The molecular formula is C103H90N6O14. The molecule has 123 heavy (non-hydrogen) atoms. The molecule has 0 saturated carbocycles. The van der Waals surface area contributed by atoms with Crippen LogP contribution in [0.25, 0.3) is 98.5 Å². The number of rotatable bonds is 7. The van der Waals surface area contributed by atoms with Crippen LogP contribution in [0.1, 0.15) is 159 Å². The molecule has 0 N–H and O–H groups in total. The van der Waals surface area contributed by atoms with Crippen molar-refractivity contribution in [2.45, 2.75) is 178 Å². The number of ketones is 3. The lowest BCUT2D eigenvalue weighted by atomic mass is 9.68. The van der Waals surface area contributed by atoms with Gasteiger partial charge in [-0.25, -0.2) is 29.9 Å². The molecule has 3 aromatic heterocycles. The molecule has 24 rings (SSSR count). The minimum Gasteiger partial charge on any atom is -0.486 e. The quantitative estimate of drug-likeness (QED) is 0.0625. The molecule has 6 fully saturated rings. The zero-order valence-corrected chi connectivity index (χ0v) is 70.0. The molecule has 12 aromatic carbocycles. The minimum atomic E-state index is -0.741. The van der Waals surface area contributed by atoms with Crippen LogP contribution < -0.4 is 14.2 Å². The first kappa shape index (κ1) is 77.1. The Hall–Kier alpha value is -12.0. The maximum Gasteiger partial charge on any atom is 0.193 e. The van der Waals surface area contributed by atoms with E-state index in [4.69, 9.17) is 82.0 Å². The average molecular weight is 1640 g/mol. The second kappa shape index (κ2) is 28.6. The van der Waals surface area contributed by atoms with E-state index in [1.165, 1.54) is 5.57 Å². The van der Waals surface area contributed by atoms with Gasteiger partial charge in [0.25, 0.3) is 0 Å². The molecule has 20 heteroatoms. The molecule has 15 aromatic rings. The van der Waals surface area contributed by atoms with Crippen molar-refractivity contribution >= 4 is 116 Å². The number of aromatic nitrogens is 6. The molecule has 9 aliphatic heterocycles. The van der Waals surface area contributed by atoms with Gasteiger partial charge >= 0.3 is 0 Å². The highest BCUT2D eigenvalue weighted by molar-refractivity contribution is 6.17. The number of fused-ring (bicyclic) bond motifs is 33. The lowest BCUT2D eigenvalue weighted by Gasteiger charge is -2.51. The van der Waals surface area contributed by atoms with Gasteiger partial charge < -0.3 is 52.1 Å². The number of hydrogen-bond donors (Lipinski definition) is 0. The lowest BCUT2D eigenvalue weighted by molar-refractivity contribution is -0.240. The van der Waals surface area contributed by atoms with Crippen LogP contribution in [0.5, 0.6) is 17.2 Å². The van der Waals surface area contributed by atoms with Crippen LogP contribution in [0.15, 0.2) is 230 Å². The van der Waals surface area contributed by atoms with Gasteiger partial charge in [0.2, 0.25) is 0 Å². The van der Waals surface area contributed by atoms with Crippen molar-refractivity contribution in [1.29, 1.82) is 0 Å². The Morgan fingerprint density at radius 2 is 0.683 bits per heavy atom. The Balaban J connectivity index is 0.000000111. The van der Waals surface area contributed by atoms with Gasteiger partial charge in [-0.3, -0.25) is 14.4 Å². The van der Waals surface area contributed by atoms with Gasteiger partial charge in [0, 0.05) is 106 Å². The summed E-state index contributed by atoms with van der Waals surface area (Å²) >= 11 is 0. The summed E-state index contributed by atoms with van der Waals surface area (Å²) in [5, 5.41) is 5.94. The Bertz CT molecular complexity index is 7000. The fourth-order valence-electron chi connectivity index (χ4n) is 20.7. The summed E-state index contributed by atoms with van der Waals surface area (Å²) in [6.07, 6.45) is 1.08. The summed E-state index contributed by atoms with van der Waals surface area (Å²) in [5.74, 6) is 0.700. The molecule has 1 unspecified atom stereocenters. The van der Waals surface area contributed by atoms with Crippen LogP contribution in [-0.2, 0) is 44.3 Å². The lowest BCUT2D eigenvalue weighted by Crippen LogP contribution is -2.57. The van der Waals surface area contributed by atoms with Crippen molar-refractivity contribution in [2.75, 3.05) is 13.2 Å². The van der Waals surface area contributed by atoms with Gasteiger partial charge in [-0.15, -0.1) is 0 Å². The number of benzene rings is 12. The summed E-state index contributed by atoms with van der Waals surface area (Å²) in [4.78, 5) is 70.7. The maximum atomic E-state index is 13.4. The molecule has 12 heterocycles. The normalized spacial score (nSPS) is 26.0. The van der Waals surface area contributed by atoms with Gasteiger partial charge in [-0.1, -0.05) is 169 Å². The first-order chi connectivity index (χ1) is 59.3. The monoisotopic (exact) mass is 1630 g/mol. The van der Waals surface area contributed by atoms with Crippen molar-refractivity contribution in [2.24, 2.45) is 11.8 Å². The number of nitrogens with zero attached hydrogens (tertiary/aromatic N) is 6. The van der Waals surface area contributed by atoms with E-state index in [1.807, 2.05) is 210 Å². The number of aryl methyl sites for hydroxylation is 1. The highest BCUT2D eigenvalue weighted by Crippen LogP contribution is 2.61. The van der Waals surface area contributed by atoms with Gasteiger partial charge in [0.1, 0.15) is 58.5 Å². The van der Waals surface area contributed by atoms with Gasteiger partial charge in [-0.2, -0.15) is 0 Å². The van der Waals surface area contributed by atoms with Gasteiger partial charge in [0.15, 0.2) is 41.5 Å². The van der Waals surface area contributed by atoms with E-state index < -0.39 is 35.4 Å². The van der Waals surface area contributed by atoms with Crippen molar-refractivity contribution in [3.05, 3.63) is 280 Å². The molecule has 616 valence electrons. The zero-order chi connectivity index (χ0) is 84.1. The molecule has 0 bridgehead atoms. The highest BCUT2D eigenvalue weighted by Gasteiger charge is 2.66. The zero-order valence-electron chi connectivity index (χ0n) is 70.0. The number of hydrogen-bond acceptors (Lipinski definition) is 20. The minimum absolute atomic E-state index is 0.00387. The van der Waals surface area contributed by atoms with Gasteiger partial charge in [-0.05, 0) is 150 Å². The van der Waals surface area contributed by atoms with E-state index in [2.05, 4.69) is 90.9 Å². The summed E-state index contributed by atoms with van der Waals surface area (Å²) in [6.45, 7) is 23.5. The topological polar surface area (TPSA) is 230 Å². The van der Waals surface area contributed by atoms with E-state index in [0.717, 1.165) is 129 Å². The SMILES string of the molecule is CC(C)=CC1(C)CCc2c(c3ccccc3c3nc4cc(C(=O)c5ccccc5)ccc4nc23)O1.CC1(C)O[C@H]2O[C@H]3[C@H](OC[C@H]4[C@@H]3c3c(c5ccccc5c5nc6cc(C(=O)c7ccccc7)ccc6nc35)OC4(C)C)[C@H]2O1.CC1(C)O[C@H]2O[C@H]3[C@H](OC[C@H]4[C@@H]3c3c(c5ccccc5c5nc6ccc(C(=O)c7ccccc7)cc6nc35)OC4(C)C)[C@H]2O1. The van der Waals surface area contributed by atoms with Crippen molar-refractivity contribution < 1.29 is 66.5 Å². The Labute approximate surface area is 709 Å². The predicted molar refractivity (Wildman–Crippen MR) is 469 cm³/mol. The van der Waals surface area contributed by atoms with Crippen molar-refractivity contribution in [3.63, 3.8) is 0 Å². The molecular weight excluding hydrogens is 1550 g/mol. The largest absolute Gasteiger partial charge is 0.486 e. The molecule has 0 radical (unpaired) electrons. The van der Waals surface area contributed by atoms with Crippen LogP contribution >= 0.6 is 0 Å². The predicted octanol–water partition coefficient (Wildman–Crippen LogP) is 19.8. The van der Waals surface area contributed by atoms with Crippen LogP contribution in [-0.4, -0.2) is 138 Å². The molecule has 0 amide bonds. The third-order valence-corrected chi connectivity index (χ3v) is 26.3. The van der Waals surface area contributed by atoms with Crippen LogP contribution in [0.2, 0.25) is 0 Å². The summed E-state index contributed by atoms with van der Waals surface area (Å²) < 4.78 is 71.7. The number of carbonyl (C=O) groups excluding carboxylic acids is 3. The van der Waals surface area contributed by atoms with Crippen LogP contribution in [0.4, 0.5) is 0 Å². The Kier molecular flexibility index (Phi) is 17.9. The van der Waals surface area contributed by atoms with Crippen molar-refractivity contribution in [3.8, 4) is 17.2 Å². The van der Waals surface area contributed by atoms with Gasteiger partial charge in [0.05, 0.1) is 91.6 Å². The van der Waals surface area contributed by atoms with E-state index >= 15 is 0 Å². The smallest absolute Gasteiger partial charge is 0.193 e. The second-order valence-electron chi connectivity index (χ2n) is 36.4. The fourth-order valence-corrected chi connectivity index (χ4v) is 20.7. The van der Waals surface area contributed by atoms with E-state index in [-0.39, 0.29) is 83.2 Å². The highest BCUT2D eigenvalue weighted by atomic mass is 16.9. The standard InChI is InChI=1S/2C36H32N2O6.C31H26N2O2/c1-35(2)22-17-40-32-31(41-34-33(32)43-36(3,4)44-34)25(22)26-28-27(20-12-8-9-13-21(20)30(26)42-35)38-24-16-19(14-15-23(24)37-28)29(39)18-10-6-5-7-11-18;1-35(2)22-17-40-32-31(41-34-33(32)43-36(3,4)44-34)25(22)26-28-27(20-12-8-9-13-21(20)30(26)42-35)37-23-15-14-19(16-24(23)38-28)29(39)18-10-6-5-7-11-18;1-19(2)18-31(3)16-15-24-28-27(22-11-7-8-12-23(22)30(24)35-31)33-26-17-21(13-14-25(26)32-28)29(34)20-9-5-4-6-10-20/h2*5-16,22,25,31-34H,17H2,1-4H3;4-14,17-18H,15-16H2,1-3H3/t2*22-,25+,31+,32-,33+,34+;/m00./s1. The summed E-state index contributed by atoms with van der Waals surface area (Å²) in [5.41, 5.74) is 15.7. The van der Waals surface area contributed by atoms with Crippen LogP contribution in [0, 0.1) is 11.8 Å². The second-order valence-corrected chi connectivity index (χ2v) is 36.4. The summed E-state index contributed by atoms with van der Waals surface area (Å²) in [7, 11) is 0. The average Bonchev–Trinajstić information content (AvgIpc) is 1.66. The number of allylic oxidation sites excluding steroid dienone is 1. The first-order valence-electron chi connectivity index (χ1n) is 42.5. The van der Waals surface area contributed by atoms with E-state index in [0.29, 0.717) is 63.1 Å². The van der Waals surface area contributed by atoms with E-state index in [1.54, 1.807) is 0 Å². The summed E-state index contributed by atoms with van der Waals surface area (Å²) in [6, 6.07) is 69.3. The fraction of sp³-hybridized carbons (Fsp3) is 0.311. The third-order valence-electron chi connectivity index (χ3n) is 26.3. The molecule has 0 aliphatic carbocycles. The molecule has 6 saturated heterocycles.